The SMILES string of the molecule is CNCCN(C)C(=O)c1cnn(-c2ccc(F)cc2)n1. The molecule has 0 bridgehead atoms. The van der Waals surface area contributed by atoms with E-state index in [0.29, 0.717) is 18.8 Å². The van der Waals surface area contributed by atoms with E-state index in [0.717, 1.165) is 0 Å². The van der Waals surface area contributed by atoms with Gasteiger partial charge in [-0.1, -0.05) is 0 Å². The Hall–Kier alpha value is -2.28. The minimum atomic E-state index is -0.330. The number of hydrogen-bond donors (Lipinski definition) is 1. The van der Waals surface area contributed by atoms with Crippen LogP contribution in [0.2, 0.25) is 0 Å². The van der Waals surface area contributed by atoms with Gasteiger partial charge in [-0.2, -0.15) is 9.90 Å². The van der Waals surface area contributed by atoms with Gasteiger partial charge in [-0.05, 0) is 31.3 Å². The van der Waals surface area contributed by atoms with E-state index in [9.17, 15) is 9.18 Å². The summed E-state index contributed by atoms with van der Waals surface area (Å²) in [6.07, 6.45) is 1.40. The van der Waals surface area contributed by atoms with Crippen LogP contribution in [0.3, 0.4) is 0 Å². The third kappa shape index (κ3) is 3.18. The summed E-state index contributed by atoms with van der Waals surface area (Å²) in [6, 6.07) is 5.74. The van der Waals surface area contributed by atoms with Crippen LogP contribution in [0.1, 0.15) is 10.5 Å². The van der Waals surface area contributed by atoms with E-state index in [1.54, 1.807) is 24.1 Å². The summed E-state index contributed by atoms with van der Waals surface area (Å²) in [5.74, 6) is -0.530. The molecule has 0 unspecified atom stereocenters. The molecule has 0 aliphatic rings. The van der Waals surface area contributed by atoms with Crippen molar-refractivity contribution in [3.63, 3.8) is 0 Å². The third-order valence-corrected chi connectivity index (χ3v) is 2.81. The lowest BCUT2D eigenvalue weighted by atomic mass is 10.3. The highest BCUT2D eigenvalue weighted by molar-refractivity contribution is 5.91. The molecule has 0 saturated heterocycles. The first-order valence-corrected chi connectivity index (χ1v) is 6.20. The number of halogens is 1. The molecule has 6 nitrogen and oxygen atoms in total. The van der Waals surface area contributed by atoms with Crippen LogP contribution in [-0.2, 0) is 0 Å². The molecule has 1 N–H and O–H groups in total. The molecule has 106 valence electrons. The molecule has 0 spiro atoms. The Morgan fingerprint density at radius 1 is 1.40 bits per heavy atom. The van der Waals surface area contributed by atoms with Gasteiger partial charge in [-0.3, -0.25) is 4.79 Å². The number of likely N-dealkylation sites (N-methyl/N-ethyl adjacent to an activating group) is 2. The summed E-state index contributed by atoms with van der Waals surface area (Å²) in [5.41, 5.74) is 0.858. The molecule has 0 atom stereocenters. The second-order valence-electron chi connectivity index (χ2n) is 4.33. The maximum atomic E-state index is 12.8. The van der Waals surface area contributed by atoms with Crippen LogP contribution in [0.15, 0.2) is 30.5 Å². The van der Waals surface area contributed by atoms with Gasteiger partial charge in [0.2, 0.25) is 0 Å². The molecule has 0 saturated carbocycles. The summed E-state index contributed by atoms with van der Waals surface area (Å²) >= 11 is 0. The van der Waals surface area contributed by atoms with Crippen molar-refractivity contribution >= 4 is 5.91 Å². The highest BCUT2D eigenvalue weighted by Crippen LogP contribution is 2.07. The number of benzene rings is 1. The number of carbonyl (C=O) groups excluding carboxylic acids is 1. The highest BCUT2D eigenvalue weighted by Gasteiger charge is 2.15. The average molecular weight is 277 g/mol. The molecule has 2 aromatic rings. The van der Waals surface area contributed by atoms with Crippen LogP contribution >= 0.6 is 0 Å². The highest BCUT2D eigenvalue weighted by atomic mass is 19.1. The predicted molar refractivity (Wildman–Crippen MR) is 72.2 cm³/mol. The van der Waals surface area contributed by atoms with Crippen LogP contribution in [0.25, 0.3) is 5.69 Å². The zero-order chi connectivity index (χ0) is 14.5. The Labute approximate surface area is 116 Å². The van der Waals surface area contributed by atoms with Gasteiger partial charge in [-0.15, -0.1) is 5.10 Å². The first-order chi connectivity index (χ1) is 9.61. The lowest BCUT2D eigenvalue weighted by Crippen LogP contribution is -2.33. The van der Waals surface area contributed by atoms with E-state index in [2.05, 4.69) is 15.5 Å². The largest absolute Gasteiger partial charge is 0.339 e. The van der Waals surface area contributed by atoms with Crippen LogP contribution in [0.4, 0.5) is 4.39 Å². The van der Waals surface area contributed by atoms with E-state index in [-0.39, 0.29) is 17.4 Å². The van der Waals surface area contributed by atoms with Gasteiger partial charge in [0.05, 0.1) is 11.9 Å². The molecule has 1 heterocycles. The van der Waals surface area contributed by atoms with Gasteiger partial charge in [0.1, 0.15) is 5.82 Å². The molecule has 1 aromatic heterocycles. The summed E-state index contributed by atoms with van der Waals surface area (Å²) < 4.78 is 12.8. The van der Waals surface area contributed by atoms with Gasteiger partial charge in [0, 0.05) is 20.1 Å². The van der Waals surface area contributed by atoms with Crippen LogP contribution < -0.4 is 5.32 Å². The van der Waals surface area contributed by atoms with Crippen molar-refractivity contribution in [1.82, 2.24) is 25.2 Å². The van der Waals surface area contributed by atoms with Gasteiger partial charge in [-0.25, -0.2) is 4.39 Å². The number of rotatable bonds is 5. The molecule has 7 heteroatoms. The fourth-order valence-electron chi connectivity index (χ4n) is 1.64. The minimum Gasteiger partial charge on any atom is -0.339 e. The molecule has 20 heavy (non-hydrogen) atoms. The van der Waals surface area contributed by atoms with Gasteiger partial charge >= 0.3 is 0 Å². The summed E-state index contributed by atoms with van der Waals surface area (Å²) in [4.78, 5) is 14.9. The topological polar surface area (TPSA) is 63.1 Å². The average Bonchev–Trinajstić information content (AvgIpc) is 2.94. The third-order valence-electron chi connectivity index (χ3n) is 2.81. The Kier molecular flexibility index (Phi) is 4.41. The van der Waals surface area contributed by atoms with E-state index < -0.39 is 0 Å². The minimum absolute atomic E-state index is 0.200. The number of carbonyl (C=O) groups is 1. The van der Waals surface area contributed by atoms with Crippen molar-refractivity contribution in [2.75, 3.05) is 27.2 Å². The van der Waals surface area contributed by atoms with E-state index in [1.807, 2.05) is 7.05 Å². The zero-order valence-electron chi connectivity index (χ0n) is 11.4. The van der Waals surface area contributed by atoms with Gasteiger partial charge in [0.15, 0.2) is 5.69 Å². The number of nitrogens with one attached hydrogen (secondary N) is 1. The van der Waals surface area contributed by atoms with E-state index in [1.165, 1.54) is 23.1 Å². The zero-order valence-corrected chi connectivity index (χ0v) is 11.4. The molecule has 0 aliphatic heterocycles. The predicted octanol–water partition coefficient (Wildman–Crippen LogP) is 0.698. The van der Waals surface area contributed by atoms with Crippen molar-refractivity contribution in [3.8, 4) is 5.69 Å². The van der Waals surface area contributed by atoms with Crippen LogP contribution in [0, 0.1) is 5.82 Å². The molecule has 2 rings (SSSR count). The molecule has 0 fully saturated rings. The molecule has 0 aliphatic carbocycles. The number of amides is 1. The van der Waals surface area contributed by atoms with Crippen LogP contribution in [-0.4, -0.2) is 53.0 Å². The van der Waals surface area contributed by atoms with Crippen LogP contribution in [0.5, 0.6) is 0 Å². The van der Waals surface area contributed by atoms with Crippen molar-refractivity contribution in [1.29, 1.82) is 0 Å². The van der Waals surface area contributed by atoms with Crippen molar-refractivity contribution < 1.29 is 9.18 Å². The fraction of sp³-hybridized carbons (Fsp3) is 0.308. The molecule has 1 amide bonds. The number of aromatic nitrogens is 3. The molecular weight excluding hydrogens is 261 g/mol. The second kappa shape index (κ2) is 6.25. The molecule has 1 aromatic carbocycles. The standard InChI is InChI=1S/C13H16FN5O/c1-15-7-8-18(2)13(20)12-9-16-19(17-12)11-5-3-10(14)4-6-11/h3-6,9,15H,7-8H2,1-2H3. The smallest absolute Gasteiger partial charge is 0.275 e. The van der Waals surface area contributed by atoms with Crippen molar-refractivity contribution in [2.45, 2.75) is 0 Å². The van der Waals surface area contributed by atoms with Crippen molar-refractivity contribution in [2.24, 2.45) is 0 Å². The maximum Gasteiger partial charge on any atom is 0.275 e. The fourth-order valence-corrected chi connectivity index (χ4v) is 1.64. The second-order valence-corrected chi connectivity index (χ2v) is 4.33. The molecular formula is C13H16FN5O. The lowest BCUT2D eigenvalue weighted by Gasteiger charge is -2.14. The Balaban J connectivity index is 2.12. The van der Waals surface area contributed by atoms with E-state index in [4.69, 9.17) is 0 Å². The first-order valence-electron chi connectivity index (χ1n) is 6.20. The Bertz CT molecular complexity index is 581. The van der Waals surface area contributed by atoms with Gasteiger partial charge < -0.3 is 10.2 Å². The first kappa shape index (κ1) is 14.1. The quantitative estimate of drug-likeness (QED) is 0.873. The monoisotopic (exact) mass is 277 g/mol. The number of hydrogen-bond acceptors (Lipinski definition) is 4. The Morgan fingerprint density at radius 2 is 2.10 bits per heavy atom. The Morgan fingerprint density at radius 3 is 2.75 bits per heavy atom. The van der Waals surface area contributed by atoms with Gasteiger partial charge in [0.25, 0.3) is 5.91 Å². The summed E-state index contributed by atoms with van der Waals surface area (Å²) in [6.45, 7) is 1.28. The van der Waals surface area contributed by atoms with E-state index >= 15 is 0 Å². The summed E-state index contributed by atoms with van der Waals surface area (Å²) in [5, 5.41) is 11.1. The normalized spacial score (nSPS) is 10.6. The lowest BCUT2D eigenvalue weighted by molar-refractivity contribution is 0.0790. The maximum absolute atomic E-state index is 12.8. The summed E-state index contributed by atoms with van der Waals surface area (Å²) in [7, 11) is 3.53. The van der Waals surface area contributed by atoms with Crippen molar-refractivity contribution in [3.05, 3.63) is 42.0 Å². The number of nitrogens with zero attached hydrogens (tertiary/aromatic N) is 4. The molecule has 0 radical (unpaired) electrons.